The Hall–Kier alpha value is -3.27. The van der Waals surface area contributed by atoms with Gasteiger partial charge >= 0.3 is 0 Å². The number of rotatable bonds is 2. The molecule has 142 valence electrons. The Morgan fingerprint density at radius 3 is 2.33 bits per heavy atom. The summed E-state index contributed by atoms with van der Waals surface area (Å²) in [6, 6.07) is 31.5. The third-order valence-corrected chi connectivity index (χ3v) is 6.83. The van der Waals surface area contributed by atoms with Crippen molar-refractivity contribution in [2.24, 2.45) is 0 Å². The van der Waals surface area contributed by atoms with E-state index in [4.69, 9.17) is 11.6 Å². The van der Waals surface area contributed by atoms with Gasteiger partial charge in [0.05, 0.1) is 11.2 Å². The number of thiophene rings is 1. The normalized spacial score (nSPS) is 11.5. The Labute approximate surface area is 182 Å². The largest absolute Gasteiger partial charge is 0.223 e. The van der Waals surface area contributed by atoms with E-state index < -0.39 is 0 Å². The van der Waals surface area contributed by atoms with Crippen LogP contribution < -0.4 is 0 Å². The molecule has 0 aliphatic heterocycles. The number of halogens is 1. The number of nitrogens with zero attached hydrogens (tertiary/aromatic N) is 2. The summed E-state index contributed by atoms with van der Waals surface area (Å²) in [5.74, 6) is 0. The molecule has 0 atom stereocenters. The highest BCUT2D eigenvalue weighted by atomic mass is 35.5. The van der Waals surface area contributed by atoms with Gasteiger partial charge in [-0.05, 0) is 40.9 Å². The second-order valence-electron chi connectivity index (χ2n) is 7.22. The molecule has 2 nitrogen and oxygen atoms in total. The average Bonchev–Trinajstić information content (AvgIpc) is 3.17. The maximum Gasteiger partial charge on any atom is 0.223 e. The van der Waals surface area contributed by atoms with E-state index in [1.807, 2.05) is 18.2 Å². The van der Waals surface area contributed by atoms with Gasteiger partial charge in [0, 0.05) is 31.1 Å². The molecule has 0 aliphatic carbocycles. The van der Waals surface area contributed by atoms with Gasteiger partial charge in [-0.3, -0.25) is 0 Å². The van der Waals surface area contributed by atoms with Crippen molar-refractivity contribution in [2.45, 2.75) is 0 Å². The molecule has 0 fully saturated rings. The predicted molar refractivity (Wildman–Crippen MR) is 128 cm³/mol. The lowest BCUT2D eigenvalue weighted by molar-refractivity contribution is 1.23. The number of aromatic nitrogens is 2. The van der Waals surface area contributed by atoms with Crippen molar-refractivity contribution in [3.8, 4) is 22.4 Å². The second-order valence-corrected chi connectivity index (χ2v) is 8.61. The standard InChI is InChI=1S/C26H15ClN2S/c27-26-28-22-15-17(16-7-2-1-3-8-16)13-14-20(22)24(29-26)21-11-6-10-19-18-9-4-5-12-23(18)30-25(19)21/h1-15H. The number of benzene rings is 4. The highest BCUT2D eigenvalue weighted by molar-refractivity contribution is 7.26. The molecule has 2 aromatic heterocycles. The SMILES string of the molecule is Clc1nc(-c2cccc3c2sc2ccccc23)c2ccc(-c3ccccc3)cc2n1. The molecular formula is C26H15ClN2S. The van der Waals surface area contributed by atoms with Crippen molar-refractivity contribution in [3.05, 3.63) is 96.3 Å². The molecule has 6 rings (SSSR count). The summed E-state index contributed by atoms with van der Waals surface area (Å²) in [5.41, 5.74) is 5.09. The average molecular weight is 423 g/mol. The molecule has 0 bridgehead atoms. The van der Waals surface area contributed by atoms with E-state index in [-0.39, 0.29) is 5.28 Å². The Balaban J connectivity index is 1.63. The van der Waals surface area contributed by atoms with E-state index in [0.29, 0.717) is 0 Å². The van der Waals surface area contributed by atoms with E-state index in [1.54, 1.807) is 11.3 Å². The Kier molecular flexibility index (Phi) is 4.05. The Morgan fingerprint density at radius 1 is 0.633 bits per heavy atom. The highest BCUT2D eigenvalue weighted by Crippen LogP contribution is 2.41. The lowest BCUT2D eigenvalue weighted by Gasteiger charge is -2.09. The summed E-state index contributed by atoms with van der Waals surface area (Å²) in [4.78, 5) is 9.18. The summed E-state index contributed by atoms with van der Waals surface area (Å²) in [6.07, 6.45) is 0. The first-order valence-corrected chi connectivity index (χ1v) is 10.9. The number of fused-ring (bicyclic) bond motifs is 4. The third-order valence-electron chi connectivity index (χ3n) is 5.44. The monoisotopic (exact) mass is 422 g/mol. The van der Waals surface area contributed by atoms with Gasteiger partial charge in [-0.1, -0.05) is 72.8 Å². The minimum Gasteiger partial charge on any atom is -0.218 e. The van der Waals surface area contributed by atoms with Crippen LogP contribution in [0.4, 0.5) is 0 Å². The van der Waals surface area contributed by atoms with E-state index in [2.05, 4.69) is 82.8 Å². The zero-order valence-electron chi connectivity index (χ0n) is 15.8. The van der Waals surface area contributed by atoms with Crippen LogP contribution in [0.15, 0.2) is 91.0 Å². The van der Waals surface area contributed by atoms with Crippen LogP contribution >= 0.6 is 22.9 Å². The van der Waals surface area contributed by atoms with Gasteiger partial charge in [0.15, 0.2) is 0 Å². The maximum atomic E-state index is 6.38. The van der Waals surface area contributed by atoms with Crippen LogP contribution in [0.3, 0.4) is 0 Å². The molecule has 30 heavy (non-hydrogen) atoms. The van der Waals surface area contributed by atoms with Crippen molar-refractivity contribution < 1.29 is 0 Å². The molecule has 0 spiro atoms. The fourth-order valence-electron chi connectivity index (χ4n) is 4.05. The molecule has 4 heteroatoms. The zero-order valence-corrected chi connectivity index (χ0v) is 17.4. The topological polar surface area (TPSA) is 25.8 Å². The molecule has 2 heterocycles. The second kappa shape index (κ2) is 6.91. The van der Waals surface area contributed by atoms with Gasteiger partial charge in [0.1, 0.15) is 0 Å². The van der Waals surface area contributed by atoms with Crippen LogP contribution in [-0.2, 0) is 0 Å². The van der Waals surface area contributed by atoms with Crippen LogP contribution in [-0.4, -0.2) is 9.97 Å². The number of hydrogen-bond acceptors (Lipinski definition) is 3. The van der Waals surface area contributed by atoms with Crippen LogP contribution in [0.2, 0.25) is 5.28 Å². The minimum atomic E-state index is 0.265. The highest BCUT2D eigenvalue weighted by Gasteiger charge is 2.15. The third kappa shape index (κ3) is 2.78. The fourth-order valence-corrected chi connectivity index (χ4v) is 5.44. The lowest BCUT2D eigenvalue weighted by Crippen LogP contribution is -1.92. The molecule has 0 N–H and O–H groups in total. The first kappa shape index (κ1) is 17.6. The first-order chi connectivity index (χ1) is 14.8. The fraction of sp³-hybridized carbons (Fsp3) is 0. The molecule has 0 unspecified atom stereocenters. The Bertz CT molecular complexity index is 1550. The Morgan fingerprint density at radius 2 is 1.43 bits per heavy atom. The van der Waals surface area contributed by atoms with Crippen LogP contribution in [0.5, 0.6) is 0 Å². The van der Waals surface area contributed by atoms with Crippen molar-refractivity contribution in [3.63, 3.8) is 0 Å². The molecule has 6 aromatic rings. The van der Waals surface area contributed by atoms with Gasteiger partial charge in [-0.25, -0.2) is 9.97 Å². The van der Waals surface area contributed by atoms with Crippen molar-refractivity contribution in [1.82, 2.24) is 9.97 Å². The van der Waals surface area contributed by atoms with E-state index in [1.165, 1.54) is 20.2 Å². The smallest absolute Gasteiger partial charge is 0.218 e. The quantitative estimate of drug-likeness (QED) is 0.264. The zero-order chi connectivity index (χ0) is 20.1. The van der Waals surface area contributed by atoms with Gasteiger partial charge in [-0.15, -0.1) is 11.3 Å². The summed E-state index contributed by atoms with van der Waals surface area (Å²) in [5, 5.41) is 3.79. The molecule has 0 aliphatic rings. The molecule has 0 radical (unpaired) electrons. The summed E-state index contributed by atoms with van der Waals surface area (Å²) in [6.45, 7) is 0. The van der Waals surface area contributed by atoms with Crippen LogP contribution in [0.25, 0.3) is 53.5 Å². The summed E-state index contributed by atoms with van der Waals surface area (Å²) < 4.78 is 2.50. The summed E-state index contributed by atoms with van der Waals surface area (Å²) in [7, 11) is 0. The minimum absolute atomic E-state index is 0.265. The van der Waals surface area contributed by atoms with Crippen LogP contribution in [0.1, 0.15) is 0 Å². The van der Waals surface area contributed by atoms with Crippen LogP contribution in [0, 0.1) is 0 Å². The van der Waals surface area contributed by atoms with E-state index in [0.717, 1.165) is 33.3 Å². The van der Waals surface area contributed by atoms with Gasteiger partial charge in [0.2, 0.25) is 5.28 Å². The molecule has 0 saturated heterocycles. The maximum absolute atomic E-state index is 6.38. The van der Waals surface area contributed by atoms with Gasteiger partial charge < -0.3 is 0 Å². The summed E-state index contributed by atoms with van der Waals surface area (Å²) >= 11 is 8.18. The molecule has 0 saturated carbocycles. The van der Waals surface area contributed by atoms with Crippen molar-refractivity contribution in [1.29, 1.82) is 0 Å². The first-order valence-electron chi connectivity index (χ1n) is 9.71. The lowest BCUT2D eigenvalue weighted by atomic mass is 10.00. The molecule has 4 aromatic carbocycles. The number of hydrogen-bond donors (Lipinski definition) is 0. The van der Waals surface area contributed by atoms with Crippen molar-refractivity contribution in [2.75, 3.05) is 0 Å². The van der Waals surface area contributed by atoms with Crippen molar-refractivity contribution >= 4 is 54.0 Å². The van der Waals surface area contributed by atoms with Gasteiger partial charge in [0.25, 0.3) is 0 Å². The van der Waals surface area contributed by atoms with Gasteiger partial charge in [-0.2, -0.15) is 0 Å². The van der Waals surface area contributed by atoms with E-state index in [9.17, 15) is 0 Å². The molecular weight excluding hydrogens is 408 g/mol. The predicted octanol–water partition coefficient (Wildman–Crippen LogP) is 7.99. The molecule has 0 amide bonds. The van der Waals surface area contributed by atoms with E-state index >= 15 is 0 Å².